The molecule has 0 atom stereocenters. The first kappa shape index (κ1) is 5.35. The Morgan fingerprint density at radius 2 is 2.40 bits per heavy atom. The van der Waals surface area contributed by atoms with Crippen molar-refractivity contribution in [3.05, 3.63) is 0 Å². The fourth-order valence-corrected chi connectivity index (χ4v) is 0.289. The van der Waals surface area contributed by atoms with E-state index in [9.17, 15) is 0 Å². The summed E-state index contributed by atoms with van der Waals surface area (Å²) in [5, 5.41) is 0. The SMILES string of the molecule is C=BS[B]C. The molecule has 0 aliphatic heterocycles. The van der Waals surface area contributed by atoms with Gasteiger partial charge in [0.25, 0.3) is 0 Å². The molecule has 0 saturated carbocycles. The molecule has 0 spiro atoms. The summed E-state index contributed by atoms with van der Waals surface area (Å²) in [7, 11) is 0. The van der Waals surface area contributed by atoms with Crippen LogP contribution in [0.4, 0.5) is 0 Å². The van der Waals surface area contributed by atoms with E-state index in [1.165, 1.54) is 0 Å². The van der Waals surface area contributed by atoms with Crippen LogP contribution < -0.4 is 0 Å². The van der Waals surface area contributed by atoms with Crippen LogP contribution in [0.15, 0.2) is 0 Å². The van der Waals surface area contributed by atoms with Crippen molar-refractivity contribution in [1.82, 2.24) is 0 Å². The van der Waals surface area contributed by atoms with Crippen molar-refractivity contribution in [2.24, 2.45) is 0 Å². The fourth-order valence-electron chi connectivity index (χ4n) is 0.0962. The van der Waals surface area contributed by atoms with E-state index in [1.54, 1.807) is 17.7 Å². The van der Waals surface area contributed by atoms with Crippen LogP contribution in [0.5, 0.6) is 0 Å². The third-order valence-corrected chi connectivity index (χ3v) is 0.697. The Kier molecular flexibility index (Phi) is 4.65. The minimum absolute atomic E-state index is 1.60. The van der Waals surface area contributed by atoms with Gasteiger partial charge in [0.1, 0.15) is 0 Å². The second-order valence-electron chi connectivity index (χ2n) is 0.538. The summed E-state index contributed by atoms with van der Waals surface area (Å²) in [6.07, 6.45) is 1.79. The first-order valence-corrected chi connectivity index (χ1v) is 2.40. The third kappa shape index (κ3) is 4.35. The molecule has 0 aliphatic rings. The van der Waals surface area contributed by atoms with Gasteiger partial charge in [-0.2, -0.15) is 0 Å². The van der Waals surface area contributed by atoms with E-state index in [2.05, 4.69) is 6.47 Å². The van der Waals surface area contributed by atoms with Gasteiger partial charge in [-0.1, -0.05) is 0 Å². The number of hydrogen-bond acceptors (Lipinski definition) is 1. The molecule has 0 aliphatic carbocycles. The Morgan fingerprint density at radius 1 is 1.80 bits per heavy atom. The summed E-state index contributed by atoms with van der Waals surface area (Å²) < 4.78 is 0. The number of rotatable bonds is 2. The normalized spacial score (nSPS) is 5.80. The van der Waals surface area contributed by atoms with Crippen LogP contribution in [-0.4, -0.2) is 19.2 Å². The summed E-state index contributed by atoms with van der Waals surface area (Å²) in [6, 6.07) is 0. The van der Waals surface area contributed by atoms with E-state index < -0.39 is 0 Å². The van der Waals surface area contributed by atoms with Crippen LogP contribution in [0, 0.1) is 0 Å². The van der Waals surface area contributed by atoms with Gasteiger partial charge in [0.15, 0.2) is 0 Å². The van der Waals surface area contributed by atoms with Gasteiger partial charge in [0.05, 0.1) is 0 Å². The Morgan fingerprint density at radius 3 is 2.40 bits per heavy atom. The van der Waals surface area contributed by atoms with Crippen molar-refractivity contribution in [2.45, 2.75) is 6.82 Å². The van der Waals surface area contributed by atoms with Gasteiger partial charge in [-0.15, -0.1) is 0 Å². The Balaban J connectivity index is 2.40. The molecule has 0 aromatic heterocycles. The molecular weight excluding hydrogens is 77.7 g/mol. The van der Waals surface area contributed by atoms with Crippen molar-refractivity contribution in [2.75, 3.05) is 0 Å². The fraction of sp³-hybridized carbons (Fsp3) is 0.500. The van der Waals surface area contributed by atoms with Crippen molar-refractivity contribution in [3.8, 4) is 0 Å². The first-order valence-electron chi connectivity index (χ1n) is 1.46. The van der Waals surface area contributed by atoms with E-state index >= 15 is 0 Å². The molecule has 0 amide bonds. The Bertz CT molecular complexity index is 28.8. The molecule has 0 unspecified atom stereocenters. The zero-order valence-electron chi connectivity index (χ0n) is 3.27. The van der Waals surface area contributed by atoms with Gasteiger partial charge >= 0.3 is 37.5 Å². The maximum atomic E-state index is 3.48. The van der Waals surface area contributed by atoms with E-state index in [1.807, 2.05) is 13.4 Å². The molecule has 0 rings (SSSR count). The van der Waals surface area contributed by atoms with E-state index in [0.29, 0.717) is 0 Å². The molecule has 25 valence electrons. The van der Waals surface area contributed by atoms with Crippen molar-refractivity contribution >= 4 is 30.7 Å². The van der Waals surface area contributed by atoms with Crippen molar-refractivity contribution in [1.29, 1.82) is 0 Å². The van der Waals surface area contributed by atoms with Crippen LogP contribution in [0.2, 0.25) is 6.82 Å². The van der Waals surface area contributed by atoms with Gasteiger partial charge in [0, 0.05) is 0 Å². The van der Waals surface area contributed by atoms with Crippen LogP contribution in [0.25, 0.3) is 0 Å². The van der Waals surface area contributed by atoms with Crippen molar-refractivity contribution in [3.63, 3.8) is 0 Å². The topological polar surface area (TPSA) is 0 Å². The summed E-state index contributed by atoms with van der Waals surface area (Å²) in [6.45, 7) is 7.44. The Hall–Kier alpha value is 0.350. The zero-order valence-corrected chi connectivity index (χ0v) is 4.09. The molecule has 0 aromatic carbocycles. The maximum absolute atomic E-state index is 3.48. The summed E-state index contributed by atoms with van der Waals surface area (Å²) in [5.74, 6) is 0. The zero-order chi connectivity index (χ0) is 4.12. The molecule has 0 aromatic rings. The third-order valence-electron chi connectivity index (χ3n) is 0.232. The average molecular weight is 82.8 g/mol. The van der Waals surface area contributed by atoms with Gasteiger partial charge in [-0.25, -0.2) is 0 Å². The van der Waals surface area contributed by atoms with Gasteiger partial charge in [-0.05, 0) is 0 Å². The molecule has 0 saturated heterocycles. The van der Waals surface area contributed by atoms with Crippen LogP contribution >= 0.6 is 11.5 Å². The second kappa shape index (κ2) is 4.35. The minimum atomic E-state index is 1.60. The molecule has 0 heterocycles. The van der Waals surface area contributed by atoms with E-state index in [4.69, 9.17) is 0 Å². The standard InChI is InChI=1S/C2H5B2S/c1-3-5-4-2/h1H2,2H3. The first-order chi connectivity index (χ1) is 2.41. The second-order valence-corrected chi connectivity index (χ2v) is 1.62. The Labute approximate surface area is 38.3 Å². The van der Waals surface area contributed by atoms with Crippen LogP contribution in [0.3, 0.4) is 0 Å². The van der Waals surface area contributed by atoms with E-state index in [0.717, 1.165) is 0 Å². The summed E-state index contributed by atoms with van der Waals surface area (Å²) >= 11 is 1.60. The molecule has 5 heavy (non-hydrogen) atoms. The number of hydrogen-bond donors (Lipinski definition) is 0. The van der Waals surface area contributed by atoms with Crippen LogP contribution in [0.1, 0.15) is 0 Å². The monoisotopic (exact) mass is 83.0 g/mol. The predicted molar refractivity (Wildman–Crippen MR) is 32.1 cm³/mol. The van der Waals surface area contributed by atoms with Crippen molar-refractivity contribution < 1.29 is 0 Å². The molecule has 0 bridgehead atoms. The molecule has 0 fully saturated rings. The quantitative estimate of drug-likeness (QED) is 0.436. The molecule has 0 N–H and O–H groups in total. The van der Waals surface area contributed by atoms with Gasteiger partial charge < -0.3 is 0 Å². The van der Waals surface area contributed by atoms with E-state index in [-0.39, 0.29) is 0 Å². The van der Waals surface area contributed by atoms with Crippen LogP contribution in [-0.2, 0) is 0 Å². The summed E-state index contributed by atoms with van der Waals surface area (Å²) in [5.41, 5.74) is 0. The van der Waals surface area contributed by atoms with Gasteiger partial charge in [-0.3, -0.25) is 0 Å². The summed E-state index contributed by atoms with van der Waals surface area (Å²) in [4.78, 5) is 0. The van der Waals surface area contributed by atoms with Gasteiger partial charge in [0.2, 0.25) is 0 Å². The average Bonchev–Trinajstić information content (AvgIpc) is 1.41. The molecular formula is C2H5B2S. The molecule has 3 heteroatoms. The predicted octanol–water partition coefficient (Wildman–Crippen LogP) is 0.438. The molecule has 1 radical (unpaired) electrons. The molecule has 0 nitrogen and oxygen atoms in total.